The van der Waals surface area contributed by atoms with Crippen LogP contribution in [0.2, 0.25) is 0 Å². The van der Waals surface area contributed by atoms with Crippen LogP contribution in [0.25, 0.3) is 0 Å². The van der Waals surface area contributed by atoms with Gasteiger partial charge in [0.2, 0.25) is 5.91 Å². The normalized spacial score (nSPS) is 32.6. The van der Waals surface area contributed by atoms with Crippen LogP contribution in [0.5, 0.6) is 0 Å². The average molecular weight is 462 g/mol. The summed E-state index contributed by atoms with van der Waals surface area (Å²) < 4.78 is 0. The zero-order valence-electron chi connectivity index (χ0n) is 20.4. The van der Waals surface area contributed by atoms with E-state index in [1.54, 1.807) is 4.90 Å². The van der Waals surface area contributed by atoms with Gasteiger partial charge in [-0.3, -0.25) is 9.59 Å². The molecule has 1 spiro atoms. The molecule has 1 aromatic carbocycles. The number of rotatable bonds is 5. The van der Waals surface area contributed by atoms with Crippen molar-refractivity contribution in [3.63, 3.8) is 0 Å². The van der Waals surface area contributed by atoms with Crippen LogP contribution in [-0.4, -0.2) is 34.8 Å². The predicted octanol–water partition coefficient (Wildman–Crippen LogP) is 4.85. The Morgan fingerprint density at radius 2 is 1.85 bits per heavy atom. The third-order valence-electron chi connectivity index (χ3n) is 9.57. The molecule has 6 rings (SSSR count). The molecule has 0 aromatic heterocycles. The lowest BCUT2D eigenvalue weighted by Crippen LogP contribution is -2.49. The monoisotopic (exact) mass is 461 g/mol. The first-order valence-corrected chi connectivity index (χ1v) is 13.7. The third kappa shape index (κ3) is 4.10. The van der Waals surface area contributed by atoms with Crippen molar-refractivity contribution in [1.82, 2.24) is 15.5 Å². The van der Waals surface area contributed by atoms with Crippen molar-refractivity contribution in [1.29, 1.82) is 0 Å². The van der Waals surface area contributed by atoms with Gasteiger partial charge in [-0.25, -0.2) is 0 Å². The van der Waals surface area contributed by atoms with E-state index in [1.165, 1.54) is 69.8 Å². The molecule has 182 valence electrons. The lowest BCUT2D eigenvalue weighted by Gasteiger charge is -2.40. The van der Waals surface area contributed by atoms with Gasteiger partial charge in [0.1, 0.15) is 6.04 Å². The van der Waals surface area contributed by atoms with Crippen LogP contribution in [0.4, 0.5) is 0 Å². The van der Waals surface area contributed by atoms with E-state index in [1.807, 2.05) is 6.07 Å². The largest absolute Gasteiger partial charge is 0.329 e. The Bertz CT molecular complexity index is 997. The first-order chi connectivity index (χ1) is 16.5. The second kappa shape index (κ2) is 8.82. The fraction of sp³-hybridized carbons (Fsp3) is 0.655. The molecule has 2 N–H and O–H groups in total. The van der Waals surface area contributed by atoms with Crippen molar-refractivity contribution < 1.29 is 9.59 Å². The Morgan fingerprint density at radius 3 is 2.68 bits per heavy atom. The highest BCUT2D eigenvalue weighted by Gasteiger charge is 2.50. The highest BCUT2D eigenvalue weighted by atomic mass is 16.2. The lowest BCUT2D eigenvalue weighted by atomic mass is 9.77. The first kappa shape index (κ1) is 22.3. The zero-order chi connectivity index (χ0) is 23.3. The van der Waals surface area contributed by atoms with E-state index in [2.05, 4.69) is 29.3 Å². The minimum Gasteiger partial charge on any atom is -0.329 e. The van der Waals surface area contributed by atoms with Crippen LogP contribution < -0.4 is 10.6 Å². The highest BCUT2D eigenvalue weighted by molar-refractivity contribution is 6.01. The maximum absolute atomic E-state index is 13.1. The molecule has 0 bridgehead atoms. The SMILES string of the molecule is C=C1CCC(N2Cc3cc(C[C@H]4CCCC[C@@H]4NC4CCCCC45CC5)ccc3C2=O)C(=O)N1. The molecule has 2 amide bonds. The zero-order valence-corrected chi connectivity index (χ0v) is 20.4. The number of benzene rings is 1. The van der Waals surface area contributed by atoms with E-state index >= 15 is 0 Å². The average Bonchev–Trinajstić information content (AvgIpc) is 3.53. The van der Waals surface area contributed by atoms with Crippen LogP contribution in [0.3, 0.4) is 0 Å². The Balaban J connectivity index is 1.14. The van der Waals surface area contributed by atoms with E-state index in [4.69, 9.17) is 0 Å². The minimum absolute atomic E-state index is 0.00143. The van der Waals surface area contributed by atoms with E-state index < -0.39 is 0 Å². The number of hydrogen-bond donors (Lipinski definition) is 2. The maximum Gasteiger partial charge on any atom is 0.255 e. The van der Waals surface area contributed by atoms with Gasteiger partial charge in [0.15, 0.2) is 0 Å². The number of fused-ring (bicyclic) bond motifs is 1. The van der Waals surface area contributed by atoms with E-state index in [0.29, 0.717) is 30.3 Å². The van der Waals surface area contributed by atoms with Crippen molar-refractivity contribution >= 4 is 11.8 Å². The maximum atomic E-state index is 13.1. The summed E-state index contributed by atoms with van der Waals surface area (Å²) in [4.78, 5) is 27.3. The molecule has 4 atom stereocenters. The molecule has 2 unspecified atom stereocenters. The Labute approximate surface area is 203 Å². The number of hydrogen-bond acceptors (Lipinski definition) is 3. The molecule has 3 aliphatic carbocycles. The number of amides is 2. The molecule has 2 heterocycles. The van der Waals surface area contributed by atoms with Crippen molar-refractivity contribution in [3.8, 4) is 0 Å². The molecule has 4 fully saturated rings. The summed E-state index contributed by atoms with van der Waals surface area (Å²) in [6.07, 6.45) is 16.2. The molecular formula is C29H39N3O2. The van der Waals surface area contributed by atoms with Gasteiger partial charge in [0.25, 0.3) is 5.91 Å². The van der Waals surface area contributed by atoms with Crippen molar-refractivity contribution in [2.24, 2.45) is 11.3 Å². The van der Waals surface area contributed by atoms with Gasteiger partial charge < -0.3 is 15.5 Å². The van der Waals surface area contributed by atoms with Crippen molar-refractivity contribution in [2.45, 2.75) is 108 Å². The Morgan fingerprint density at radius 1 is 1.03 bits per heavy atom. The van der Waals surface area contributed by atoms with Crippen LogP contribution in [0.1, 0.15) is 98.5 Å². The fourth-order valence-corrected chi connectivity index (χ4v) is 7.39. The predicted molar refractivity (Wildman–Crippen MR) is 133 cm³/mol. The second-order valence-corrected chi connectivity index (χ2v) is 11.8. The second-order valence-electron chi connectivity index (χ2n) is 11.8. The van der Waals surface area contributed by atoms with E-state index in [0.717, 1.165) is 35.7 Å². The number of allylic oxidation sites excluding steroid dienone is 1. The minimum atomic E-state index is -0.383. The van der Waals surface area contributed by atoms with Crippen molar-refractivity contribution in [3.05, 3.63) is 47.2 Å². The van der Waals surface area contributed by atoms with Crippen LogP contribution in [0.15, 0.2) is 30.5 Å². The highest BCUT2D eigenvalue weighted by Crippen LogP contribution is 2.56. The molecule has 0 radical (unpaired) electrons. The number of carbonyl (C=O) groups excluding carboxylic acids is 2. The summed E-state index contributed by atoms with van der Waals surface area (Å²) in [5.74, 6) is 0.580. The molecule has 34 heavy (non-hydrogen) atoms. The molecule has 2 aliphatic heterocycles. The summed E-state index contributed by atoms with van der Waals surface area (Å²) in [5, 5.41) is 7.02. The quantitative estimate of drug-likeness (QED) is 0.659. The number of carbonyl (C=O) groups is 2. The summed E-state index contributed by atoms with van der Waals surface area (Å²) in [6.45, 7) is 4.41. The van der Waals surface area contributed by atoms with Gasteiger partial charge >= 0.3 is 0 Å². The molecule has 5 heteroatoms. The number of nitrogens with one attached hydrogen (secondary N) is 2. The van der Waals surface area contributed by atoms with Crippen LogP contribution in [-0.2, 0) is 17.8 Å². The lowest BCUT2D eigenvalue weighted by molar-refractivity contribution is -0.126. The van der Waals surface area contributed by atoms with Gasteiger partial charge in [-0.15, -0.1) is 0 Å². The molecule has 5 nitrogen and oxygen atoms in total. The molecular weight excluding hydrogens is 422 g/mol. The summed E-state index contributed by atoms with van der Waals surface area (Å²) in [6, 6.07) is 7.40. The first-order valence-electron chi connectivity index (χ1n) is 13.7. The van der Waals surface area contributed by atoms with Gasteiger partial charge in [-0.05, 0) is 86.3 Å². The standard InChI is InChI=1S/C29H39N3O2/c1-19-9-12-25(27(33)30-19)32-18-22-17-20(10-11-23(22)28(32)34)16-21-6-2-3-7-24(21)31-26-8-4-5-13-29(26)14-15-29/h10-11,17,21,24-26,31H,1-9,12-16,18H2,(H,30,33)/t21-,24+,25?,26?/m1/s1. The van der Waals surface area contributed by atoms with E-state index in [-0.39, 0.29) is 17.9 Å². The van der Waals surface area contributed by atoms with Gasteiger partial charge in [0, 0.05) is 29.9 Å². The topological polar surface area (TPSA) is 61.4 Å². The number of piperidine rings is 1. The third-order valence-corrected chi connectivity index (χ3v) is 9.57. The summed E-state index contributed by atoms with van der Waals surface area (Å²) >= 11 is 0. The van der Waals surface area contributed by atoms with Crippen molar-refractivity contribution in [2.75, 3.05) is 0 Å². The fourth-order valence-electron chi connectivity index (χ4n) is 7.39. The van der Waals surface area contributed by atoms with E-state index in [9.17, 15) is 9.59 Å². The van der Waals surface area contributed by atoms with Gasteiger partial charge in [0.05, 0.1) is 0 Å². The molecule has 5 aliphatic rings. The number of nitrogens with zero attached hydrogens (tertiary/aromatic N) is 1. The molecule has 1 saturated heterocycles. The molecule has 3 saturated carbocycles. The van der Waals surface area contributed by atoms with Crippen LogP contribution >= 0.6 is 0 Å². The summed E-state index contributed by atoms with van der Waals surface area (Å²) in [5.41, 5.74) is 4.60. The summed E-state index contributed by atoms with van der Waals surface area (Å²) in [7, 11) is 0. The van der Waals surface area contributed by atoms with Crippen LogP contribution in [0, 0.1) is 11.3 Å². The molecule has 1 aromatic rings. The Kier molecular flexibility index (Phi) is 5.79. The van der Waals surface area contributed by atoms with Gasteiger partial charge in [-0.2, -0.15) is 0 Å². The smallest absolute Gasteiger partial charge is 0.255 e. The van der Waals surface area contributed by atoms with Gasteiger partial charge in [-0.1, -0.05) is 44.4 Å². The Hall–Kier alpha value is -2.14.